The minimum absolute atomic E-state index is 0.121. The van der Waals surface area contributed by atoms with Crippen LogP contribution in [0.3, 0.4) is 0 Å². The van der Waals surface area contributed by atoms with Gasteiger partial charge in [-0.2, -0.15) is 0 Å². The van der Waals surface area contributed by atoms with E-state index in [1.54, 1.807) is 4.90 Å². The van der Waals surface area contributed by atoms with E-state index < -0.39 is 5.91 Å². The molecule has 5 nitrogen and oxygen atoms in total. The van der Waals surface area contributed by atoms with Crippen LogP contribution in [-0.4, -0.2) is 37.4 Å². The Morgan fingerprint density at radius 2 is 2.15 bits per heavy atom. The number of hydrogen-bond acceptors (Lipinski definition) is 4. The maximum Gasteiger partial charge on any atom is 0.251 e. The van der Waals surface area contributed by atoms with Crippen molar-refractivity contribution in [3.05, 3.63) is 16.0 Å². The molecule has 0 aliphatic heterocycles. The zero-order valence-electron chi connectivity index (χ0n) is 12.2. The molecule has 0 aromatic carbocycles. The first-order valence-corrected chi connectivity index (χ1v) is 7.59. The zero-order valence-corrected chi connectivity index (χ0v) is 13.0. The molecule has 1 aliphatic rings. The first-order chi connectivity index (χ1) is 9.38. The molecule has 1 aliphatic carbocycles. The molecule has 0 saturated carbocycles. The van der Waals surface area contributed by atoms with Gasteiger partial charge in [0.25, 0.3) is 5.91 Å². The van der Waals surface area contributed by atoms with E-state index >= 15 is 0 Å². The lowest BCUT2D eigenvalue weighted by atomic mass is 9.88. The van der Waals surface area contributed by atoms with Crippen LogP contribution in [0.4, 0.5) is 5.00 Å². The second-order valence-electron chi connectivity index (χ2n) is 5.71. The van der Waals surface area contributed by atoms with Crippen molar-refractivity contribution in [2.45, 2.75) is 26.2 Å². The summed E-state index contributed by atoms with van der Waals surface area (Å²) >= 11 is 1.50. The predicted octanol–water partition coefficient (Wildman–Crippen LogP) is 1.47. The van der Waals surface area contributed by atoms with E-state index in [-0.39, 0.29) is 12.5 Å². The van der Waals surface area contributed by atoms with Crippen LogP contribution in [0.15, 0.2) is 0 Å². The Balaban J connectivity index is 2.28. The lowest BCUT2D eigenvalue weighted by Gasteiger charge is -2.18. The third kappa shape index (κ3) is 3.19. The van der Waals surface area contributed by atoms with Gasteiger partial charge in [0, 0.05) is 4.88 Å². The molecule has 2 rings (SSSR count). The molecule has 1 aromatic rings. The minimum atomic E-state index is -0.447. The number of nitrogens with one attached hydrogen (secondary N) is 1. The maximum atomic E-state index is 11.9. The van der Waals surface area contributed by atoms with Gasteiger partial charge in [-0.3, -0.25) is 9.59 Å². The molecule has 2 amide bonds. The van der Waals surface area contributed by atoms with Gasteiger partial charge in [-0.25, -0.2) is 0 Å². The molecule has 0 fully saturated rings. The second-order valence-corrected chi connectivity index (χ2v) is 6.81. The molecule has 1 unspecified atom stereocenters. The Hall–Kier alpha value is -1.40. The number of anilines is 1. The molecule has 3 N–H and O–H groups in total. The predicted molar refractivity (Wildman–Crippen MR) is 81.2 cm³/mol. The van der Waals surface area contributed by atoms with Crippen LogP contribution in [0.5, 0.6) is 0 Å². The Morgan fingerprint density at radius 3 is 2.75 bits per heavy atom. The normalized spacial score (nSPS) is 17.9. The summed E-state index contributed by atoms with van der Waals surface area (Å²) < 4.78 is 0. The summed E-state index contributed by atoms with van der Waals surface area (Å²) in [5, 5.41) is 3.45. The number of fused-ring (bicyclic) bond motifs is 1. The van der Waals surface area contributed by atoms with Crippen LogP contribution >= 0.6 is 11.3 Å². The van der Waals surface area contributed by atoms with Crippen molar-refractivity contribution in [3.63, 3.8) is 0 Å². The number of nitrogens with two attached hydrogens (primary N) is 1. The first kappa shape index (κ1) is 15.0. The van der Waals surface area contributed by atoms with Gasteiger partial charge < -0.3 is 16.0 Å². The summed E-state index contributed by atoms with van der Waals surface area (Å²) in [6.45, 7) is 2.49. The van der Waals surface area contributed by atoms with Crippen LogP contribution in [-0.2, 0) is 17.6 Å². The average Bonchev–Trinajstić information content (AvgIpc) is 2.64. The van der Waals surface area contributed by atoms with Gasteiger partial charge in [0.2, 0.25) is 5.91 Å². The quantitative estimate of drug-likeness (QED) is 0.883. The molecule has 0 bridgehead atoms. The smallest absolute Gasteiger partial charge is 0.251 e. The SMILES string of the molecule is CC1CCc2c(sc(NC(=O)CN(C)C)c2C(N)=O)C1. The van der Waals surface area contributed by atoms with Gasteiger partial charge in [0.05, 0.1) is 12.1 Å². The van der Waals surface area contributed by atoms with E-state index in [0.29, 0.717) is 16.5 Å². The Labute approximate surface area is 123 Å². The number of likely N-dealkylation sites (N-methyl/N-ethyl adjacent to an activating group) is 1. The molecule has 0 saturated heterocycles. The number of rotatable bonds is 4. The number of primary amides is 1. The lowest BCUT2D eigenvalue weighted by molar-refractivity contribution is -0.116. The van der Waals surface area contributed by atoms with E-state index in [9.17, 15) is 9.59 Å². The van der Waals surface area contributed by atoms with Gasteiger partial charge >= 0.3 is 0 Å². The Kier molecular flexibility index (Phi) is 4.45. The third-order valence-electron chi connectivity index (χ3n) is 3.47. The van der Waals surface area contributed by atoms with Gasteiger partial charge in [-0.1, -0.05) is 6.92 Å². The lowest BCUT2D eigenvalue weighted by Crippen LogP contribution is -2.27. The van der Waals surface area contributed by atoms with Crippen LogP contribution < -0.4 is 11.1 Å². The number of carbonyl (C=O) groups is 2. The van der Waals surface area contributed by atoms with Gasteiger partial charge in [-0.15, -0.1) is 11.3 Å². The molecule has 0 spiro atoms. The van der Waals surface area contributed by atoms with Crippen molar-refractivity contribution in [1.29, 1.82) is 0 Å². The summed E-state index contributed by atoms with van der Waals surface area (Å²) in [6, 6.07) is 0. The Morgan fingerprint density at radius 1 is 1.45 bits per heavy atom. The second kappa shape index (κ2) is 5.93. The number of carbonyl (C=O) groups excluding carboxylic acids is 2. The van der Waals surface area contributed by atoms with Crippen molar-refractivity contribution in [1.82, 2.24) is 4.90 Å². The number of hydrogen-bond donors (Lipinski definition) is 2. The highest BCUT2D eigenvalue weighted by molar-refractivity contribution is 7.17. The molecule has 110 valence electrons. The van der Waals surface area contributed by atoms with E-state index in [0.717, 1.165) is 24.8 Å². The number of thiophene rings is 1. The zero-order chi connectivity index (χ0) is 14.9. The molecular formula is C14H21N3O2S. The molecule has 1 heterocycles. The van der Waals surface area contributed by atoms with Gasteiger partial charge in [0.15, 0.2) is 0 Å². The minimum Gasteiger partial charge on any atom is -0.365 e. The van der Waals surface area contributed by atoms with E-state index in [1.807, 2.05) is 14.1 Å². The van der Waals surface area contributed by atoms with Crippen molar-refractivity contribution in [2.24, 2.45) is 11.7 Å². The van der Waals surface area contributed by atoms with Crippen LogP contribution in [0.1, 0.15) is 34.1 Å². The number of nitrogens with zero attached hydrogens (tertiary/aromatic N) is 1. The summed E-state index contributed by atoms with van der Waals surface area (Å²) in [4.78, 5) is 26.6. The van der Waals surface area contributed by atoms with Crippen molar-refractivity contribution in [3.8, 4) is 0 Å². The molecular weight excluding hydrogens is 274 g/mol. The highest BCUT2D eigenvalue weighted by Crippen LogP contribution is 2.39. The van der Waals surface area contributed by atoms with Crippen LogP contribution in [0.2, 0.25) is 0 Å². The fraction of sp³-hybridized carbons (Fsp3) is 0.571. The largest absolute Gasteiger partial charge is 0.365 e. The first-order valence-electron chi connectivity index (χ1n) is 6.77. The van der Waals surface area contributed by atoms with E-state index in [1.165, 1.54) is 16.2 Å². The summed E-state index contributed by atoms with van der Waals surface area (Å²) in [5.41, 5.74) is 7.06. The molecule has 6 heteroatoms. The van der Waals surface area contributed by atoms with Crippen LogP contribution in [0, 0.1) is 5.92 Å². The summed E-state index contributed by atoms with van der Waals surface area (Å²) in [6.07, 6.45) is 2.90. The summed E-state index contributed by atoms with van der Waals surface area (Å²) in [7, 11) is 3.66. The van der Waals surface area contributed by atoms with Crippen LogP contribution in [0.25, 0.3) is 0 Å². The fourth-order valence-electron chi connectivity index (χ4n) is 2.55. The number of amides is 2. The van der Waals surface area contributed by atoms with Gasteiger partial charge in [-0.05, 0) is 44.8 Å². The van der Waals surface area contributed by atoms with Crippen molar-refractivity contribution in [2.75, 3.05) is 26.0 Å². The van der Waals surface area contributed by atoms with E-state index in [2.05, 4.69) is 12.2 Å². The molecule has 0 radical (unpaired) electrons. The molecule has 1 atom stereocenters. The highest BCUT2D eigenvalue weighted by atomic mass is 32.1. The van der Waals surface area contributed by atoms with Crippen molar-refractivity contribution >= 4 is 28.2 Å². The third-order valence-corrected chi connectivity index (χ3v) is 4.64. The van der Waals surface area contributed by atoms with E-state index in [4.69, 9.17) is 5.73 Å². The maximum absolute atomic E-state index is 11.9. The highest BCUT2D eigenvalue weighted by Gasteiger charge is 2.27. The monoisotopic (exact) mass is 295 g/mol. The van der Waals surface area contributed by atoms with Gasteiger partial charge in [0.1, 0.15) is 5.00 Å². The molecule has 1 aromatic heterocycles. The topological polar surface area (TPSA) is 75.4 Å². The standard InChI is InChI=1S/C14H21N3O2S/c1-8-4-5-9-10(6-8)20-14(12(9)13(15)19)16-11(18)7-17(2)3/h8H,4-7H2,1-3H3,(H2,15,19)(H,16,18). The summed E-state index contributed by atoms with van der Waals surface area (Å²) in [5.74, 6) is 0.0496. The molecule has 20 heavy (non-hydrogen) atoms. The Bertz CT molecular complexity index is 537. The van der Waals surface area contributed by atoms with Crippen molar-refractivity contribution < 1.29 is 9.59 Å². The fourth-order valence-corrected chi connectivity index (χ4v) is 3.99. The average molecular weight is 295 g/mol.